The monoisotopic (exact) mass is 467 g/mol. The lowest BCUT2D eigenvalue weighted by atomic mass is 10.1. The zero-order chi connectivity index (χ0) is 23.9. The van der Waals surface area contributed by atoms with Gasteiger partial charge in [0.15, 0.2) is 9.84 Å². The van der Waals surface area contributed by atoms with Crippen LogP contribution in [0.3, 0.4) is 0 Å². The number of hydrogen-bond acceptors (Lipinski definition) is 5. The Morgan fingerprint density at radius 3 is 2.45 bits per heavy atom. The lowest BCUT2D eigenvalue weighted by molar-refractivity contribution is 0.0742. The highest BCUT2D eigenvalue weighted by atomic mass is 32.2. The molecule has 33 heavy (non-hydrogen) atoms. The van der Waals surface area contributed by atoms with Crippen LogP contribution in [0.1, 0.15) is 54.9 Å². The maximum absolute atomic E-state index is 13.5. The van der Waals surface area contributed by atoms with Gasteiger partial charge in [-0.15, -0.1) is 0 Å². The van der Waals surface area contributed by atoms with Crippen LogP contribution in [0.5, 0.6) is 5.75 Å². The van der Waals surface area contributed by atoms with Gasteiger partial charge in [0.2, 0.25) is 0 Å². The molecule has 0 fully saturated rings. The fourth-order valence-corrected chi connectivity index (χ4v) is 4.94. The maximum Gasteiger partial charge on any atom is 0.258 e. The smallest absolute Gasteiger partial charge is 0.258 e. The molecular formula is C25H29N3O4S. The number of carbonyl (C=O) groups is 1. The second kappa shape index (κ2) is 8.67. The van der Waals surface area contributed by atoms with Crippen LogP contribution >= 0.6 is 0 Å². The zero-order valence-electron chi connectivity index (χ0n) is 19.6. The highest BCUT2D eigenvalue weighted by Gasteiger charge is 2.31. The average Bonchev–Trinajstić information content (AvgIpc) is 3.32. The molecule has 0 bridgehead atoms. The molecular weight excluding hydrogens is 438 g/mol. The molecule has 174 valence electrons. The van der Waals surface area contributed by atoms with Crippen LogP contribution in [0.4, 0.5) is 0 Å². The summed E-state index contributed by atoms with van der Waals surface area (Å²) in [6.07, 6.45) is 1.79. The lowest BCUT2D eigenvalue weighted by Crippen LogP contribution is -2.27. The summed E-state index contributed by atoms with van der Waals surface area (Å²) in [7, 11) is -3.53. The number of fused-ring (bicyclic) bond motifs is 1. The molecule has 1 aliphatic rings. The molecule has 0 radical (unpaired) electrons. The first-order chi connectivity index (χ1) is 15.6. The van der Waals surface area contributed by atoms with E-state index in [0.717, 1.165) is 22.5 Å². The van der Waals surface area contributed by atoms with Gasteiger partial charge in [-0.2, -0.15) is 5.10 Å². The first-order valence-corrected chi connectivity index (χ1v) is 12.6. The van der Waals surface area contributed by atoms with Gasteiger partial charge in [-0.05, 0) is 70.5 Å². The molecule has 2 aromatic carbocycles. The zero-order valence-corrected chi connectivity index (χ0v) is 20.4. The number of ether oxygens (including phenoxy) is 1. The number of benzene rings is 2. The van der Waals surface area contributed by atoms with E-state index in [0.29, 0.717) is 18.8 Å². The first-order valence-electron chi connectivity index (χ1n) is 11.0. The van der Waals surface area contributed by atoms with E-state index in [1.54, 1.807) is 24.8 Å². The van der Waals surface area contributed by atoms with Crippen molar-refractivity contribution in [2.45, 2.75) is 64.0 Å². The molecule has 0 atom stereocenters. The molecule has 1 amide bonds. The fourth-order valence-electron chi connectivity index (χ4n) is 3.85. The standard InChI is InChI=1S/C25H29N3O4S/c1-16(2)32-24-10-9-21(33(30,31)17(3)4)12-22(24)25(29)27-13-19-14-28(26-23(19)15-27)20-8-6-7-18(5)11-20/h6-12,14,16-17H,13,15H2,1-5H3. The number of rotatable bonds is 6. The SMILES string of the molecule is Cc1cccc(-n2cc3c(n2)CN(C(=O)c2cc(S(=O)(=O)C(C)C)ccc2OC(C)C)C3)c1. The average molecular weight is 468 g/mol. The normalized spacial score (nSPS) is 13.6. The van der Waals surface area contributed by atoms with Gasteiger partial charge in [-0.1, -0.05) is 12.1 Å². The minimum absolute atomic E-state index is 0.124. The molecule has 0 saturated carbocycles. The Bertz CT molecular complexity index is 1290. The Labute approximate surface area is 194 Å². The minimum atomic E-state index is -3.53. The van der Waals surface area contributed by atoms with Crippen molar-refractivity contribution in [2.24, 2.45) is 0 Å². The number of carbonyl (C=O) groups excluding carboxylic acids is 1. The molecule has 7 nitrogen and oxygen atoms in total. The van der Waals surface area contributed by atoms with E-state index in [1.807, 2.05) is 49.8 Å². The molecule has 0 saturated heterocycles. The van der Waals surface area contributed by atoms with Crippen molar-refractivity contribution in [3.8, 4) is 11.4 Å². The topological polar surface area (TPSA) is 81.5 Å². The third-order valence-electron chi connectivity index (χ3n) is 5.63. The van der Waals surface area contributed by atoms with Gasteiger partial charge in [0.05, 0.1) is 39.7 Å². The summed E-state index contributed by atoms with van der Waals surface area (Å²) in [6, 6.07) is 12.6. The van der Waals surface area contributed by atoms with Crippen LogP contribution < -0.4 is 4.74 Å². The Balaban J connectivity index is 1.63. The van der Waals surface area contributed by atoms with Crippen LogP contribution in [0, 0.1) is 6.92 Å². The van der Waals surface area contributed by atoms with Crippen LogP contribution in [-0.2, 0) is 22.9 Å². The first kappa shape index (κ1) is 23.0. The number of hydrogen-bond donors (Lipinski definition) is 0. The molecule has 4 rings (SSSR count). The van der Waals surface area contributed by atoms with Crippen molar-refractivity contribution >= 4 is 15.7 Å². The molecule has 3 aromatic rings. The molecule has 0 unspecified atom stereocenters. The van der Waals surface area contributed by atoms with Crippen molar-refractivity contribution in [2.75, 3.05) is 0 Å². The van der Waals surface area contributed by atoms with Crippen LogP contribution in [-0.4, -0.2) is 40.4 Å². The van der Waals surface area contributed by atoms with Crippen molar-refractivity contribution in [3.63, 3.8) is 0 Å². The number of amides is 1. The molecule has 0 spiro atoms. The Morgan fingerprint density at radius 2 is 1.82 bits per heavy atom. The summed E-state index contributed by atoms with van der Waals surface area (Å²) in [5.41, 5.74) is 4.18. The molecule has 1 aliphatic heterocycles. The summed E-state index contributed by atoms with van der Waals surface area (Å²) < 4.78 is 33.1. The predicted molar refractivity (Wildman–Crippen MR) is 126 cm³/mol. The number of aromatic nitrogens is 2. The molecule has 2 heterocycles. The quantitative estimate of drug-likeness (QED) is 0.540. The largest absolute Gasteiger partial charge is 0.490 e. The third-order valence-corrected chi connectivity index (χ3v) is 7.78. The summed E-state index contributed by atoms with van der Waals surface area (Å²) >= 11 is 0. The number of sulfone groups is 1. The predicted octanol–water partition coefficient (Wildman–Crippen LogP) is 4.31. The molecule has 1 aromatic heterocycles. The van der Waals surface area contributed by atoms with Crippen LogP contribution in [0.2, 0.25) is 0 Å². The van der Waals surface area contributed by atoms with Crippen molar-refractivity contribution in [1.29, 1.82) is 0 Å². The van der Waals surface area contributed by atoms with Gasteiger partial charge in [0.25, 0.3) is 5.91 Å². The van der Waals surface area contributed by atoms with Gasteiger partial charge in [0.1, 0.15) is 5.75 Å². The van der Waals surface area contributed by atoms with Gasteiger partial charge in [0, 0.05) is 18.3 Å². The Hall–Kier alpha value is -3.13. The maximum atomic E-state index is 13.5. The lowest BCUT2D eigenvalue weighted by Gasteiger charge is -2.20. The van der Waals surface area contributed by atoms with Crippen LogP contribution in [0.15, 0.2) is 53.6 Å². The van der Waals surface area contributed by atoms with Gasteiger partial charge in [-0.3, -0.25) is 4.79 Å². The van der Waals surface area contributed by atoms with E-state index >= 15 is 0 Å². The molecule has 0 aliphatic carbocycles. The van der Waals surface area contributed by atoms with Crippen molar-refractivity contribution in [3.05, 3.63) is 71.0 Å². The fraction of sp³-hybridized carbons (Fsp3) is 0.360. The highest BCUT2D eigenvalue weighted by molar-refractivity contribution is 7.92. The van der Waals surface area contributed by atoms with E-state index in [2.05, 4.69) is 11.2 Å². The Kier molecular flexibility index (Phi) is 6.05. The van der Waals surface area contributed by atoms with Crippen molar-refractivity contribution < 1.29 is 17.9 Å². The molecule has 8 heteroatoms. The van der Waals surface area contributed by atoms with Crippen LogP contribution in [0.25, 0.3) is 5.69 Å². The van der Waals surface area contributed by atoms with E-state index in [9.17, 15) is 13.2 Å². The number of nitrogens with zero attached hydrogens (tertiary/aromatic N) is 3. The summed E-state index contributed by atoms with van der Waals surface area (Å²) in [5, 5.41) is 4.09. The van der Waals surface area contributed by atoms with E-state index in [4.69, 9.17) is 4.74 Å². The van der Waals surface area contributed by atoms with E-state index < -0.39 is 15.1 Å². The third kappa shape index (κ3) is 4.53. The Morgan fingerprint density at radius 1 is 1.06 bits per heavy atom. The molecule has 0 N–H and O–H groups in total. The number of aryl methyl sites for hydroxylation is 1. The van der Waals surface area contributed by atoms with Gasteiger partial charge in [-0.25, -0.2) is 13.1 Å². The summed E-state index contributed by atoms with van der Waals surface area (Å²) in [4.78, 5) is 15.3. The van der Waals surface area contributed by atoms with E-state index in [1.165, 1.54) is 12.1 Å². The van der Waals surface area contributed by atoms with Gasteiger partial charge >= 0.3 is 0 Å². The second-order valence-corrected chi connectivity index (χ2v) is 11.5. The van der Waals surface area contributed by atoms with Gasteiger partial charge < -0.3 is 9.64 Å². The summed E-state index contributed by atoms with van der Waals surface area (Å²) in [6.45, 7) is 9.78. The second-order valence-electron chi connectivity index (χ2n) is 8.96. The van der Waals surface area contributed by atoms with E-state index in [-0.39, 0.29) is 22.5 Å². The minimum Gasteiger partial charge on any atom is -0.490 e. The highest BCUT2D eigenvalue weighted by Crippen LogP contribution is 2.30. The summed E-state index contributed by atoms with van der Waals surface area (Å²) in [5.74, 6) is 0.110. The van der Waals surface area contributed by atoms with Crippen molar-refractivity contribution in [1.82, 2.24) is 14.7 Å².